The van der Waals surface area contributed by atoms with Crippen LogP contribution in [-0.4, -0.2) is 35.1 Å². The van der Waals surface area contributed by atoms with Crippen LogP contribution in [0.5, 0.6) is 0 Å². The summed E-state index contributed by atoms with van der Waals surface area (Å²) in [5.41, 5.74) is 7.05. The van der Waals surface area contributed by atoms with Crippen LogP contribution in [0.1, 0.15) is 60.8 Å². The number of likely N-dealkylation sites (tertiary alicyclic amines) is 1. The number of hydrogen-bond donors (Lipinski definition) is 1. The first-order valence-electron chi connectivity index (χ1n) is 11.0. The fourth-order valence-electron chi connectivity index (χ4n) is 5.02. The number of carboxylic acid groups (broad SMARTS) is 1. The summed E-state index contributed by atoms with van der Waals surface area (Å²) in [4.78, 5) is 13.4. The van der Waals surface area contributed by atoms with Crippen molar-refractivity contribution in [2.45, 2.75) is 57.4 Å². The molecular weight excluding hydrogens is 358 g/mol. The lowest BCUT2D eigenvalue weighted by Gasteiger charge is -2.24. The minimum Gasteiger partial charge on any atom is -0.481 e. The number of nitrogens with zero attached hydrogens (tertiary/aromatic N) is 1. The van der Waals surface area contributed by atoms with Crippen molar-refractivity contribution >= 4 is 11.5 Å². The SMILES string of the molecule is O=C(O)CCCC1CCCN1CCC=C1c2ccccc2CCc2ccccc21. The van der Waals surface area contributed by atoms with Crippen LogP contribution in [0, 0.1) is 0 Å². The number of rotatable bonds is 7. The molecule has 1 heterocycles. The Balaban J connectivity index is 1.49. The monoisotopic (exact) mass is 389 g/mol. The maximum absolute atomic E-state index is 10.8. The highest BCUT2D eigenvalue weighted by Gasteiger charge is 2.24. The number of aryl methyl sites for hydroxylation is 2. The first-order valence-corrected chi connectivity index (χ1v) is 11.0. The lowest BCUT2D eigenvalue weighted by molar-refractivity contribution is -0.137. The Labute approximate surface area is 174 Å². The van der Waals surface area contributed by atoms with E-state index in [1.807, 2.05) is 0 Å². The molecule has 1 atom stereocenters. The molecule has 2 aromatic rings. The molecule has 1 unspecified atom stereocenters. The highest BCUT2D eigenvalue weighted by Crippen LogP contribution is 2.34. The van der Waals surface area contributed by atoms with Crippen LogP contribution in [0.2, 0.25) is 0 Å². The molecule has 3 heteroatoms. The Morgan fingerprint density at radius 2 is 1.69 bits per heavy atom. The smallest absolute Gasteiger partial charge is 0.303 e. The molecule has 0 amide bonds. The Morgan fingerprint density at radius 1 is 1.03 bits per heavy atom. The summed E-state index contributed by atoms with van der Waals surface area (Å²) in [6.45, 7) is 2.21. The fraction of sp³-hybridized carbons (Fsp3) is 0.423. The minimum absolute atomic E-state index is 0.294. The van der Waals surface area contributed by atoms with Gasteiger partial charge in [-0.25, -0.2) is 0 Å². The van der Waals surface area contributed by atoms with E-state index in [1.54, 1.807) is 0 Å². The van der Waals surface area contributed by atoms with Gasteiger partial charge in [0.15, 0.2) is 0 Å². The maximum Gasteiger partial charge on any atom is 0.303 e. The number of benzene rings is 2. The van der Waals surface area contributed by atoms with Gasteiger partial charge in [0, 0.05) is 19.0 Å². The molecule has 4 rings (SSSR count). The lowest BCUT2D eigenvalue weighted by Crippen LogP contribution is -2.30. The van der Waals surface area contributed by atoms with Crippen molar-refractivity contribution in [3.63, 3.8) is 0 Å². The molecule has 1 fully saturated rings. The molecule has 0 aromatic heterocycles. The van der Waals surface area contributed by atoms with Crippen molar-refractivity contribution < 1.29 is 9.90 Å². The zero-order valence-electron chi connectivity index (χ0n) is 17.1. The molecule has 3 nitrogen and oxygen atoms in total. The van der Waals surface area contributed by atoms with Gasteiger partial charge < -0.3 is 10.0 Å². The van der Waals surface area contributed by atoms with E-state index >= 15 is 0 Å². The van der Waals surface area contributed by atoms with Gasteiger partial charge in [-0.15, -0.1) is 0 Å². The molecule has 1 aliphatic heterocycles. The van der Waals surface area contributed by atoms with Gasteiger partial charge in [-0.3, -0.25) is 4.79 Å². The Kier molecular flexibility index (Phi) is 6.46. The van der Waals surface area contributed by atoms with E-state index in [1.165, 1.54) is 40.7 Å². The number of aliphatic carboxylic acids is 1. The van der Waals surface area contributed by atoms with Crippen molar-refractivity contribution in [2.75, 3.05) is 13.1 Å². The van der Waals surface area contributed by atoms with E-state index in [9.17, 15) is 4.79 Å². The number of hydrogen-bond acceptors (Lipinski definition) is 2. The quantitative estimate of drug-likeness (QED) is 0.696. The first-order chi connectivity index (χ1) is 14.2. The summed E-state index contributed by atoms with van der Waals surface area (Å²) >= 11 is 0. The normalized spacial score (nSPS) is 18.8. The number of fused-ring (bicyclic) bond motifs is 2. The van der Waals surface area contributed by atoms with Gasteiger partial charge in [0.25, 0.3) is 0 Å². The molecule has 2 aliphatic rings. The van der Waals surface area contributed by atoms with E-state index in [2.05, 4.69) is 59.5 Å². The van der Waals surface area contributed by atoms with Crippen LogP contribution < -0.4 is 0 Å². The third-order valence-corrected chi connectivity index (χ3v) is 6.47. The summed E-state index contributed by atoms with van der Waals surface area (Å²) in [6, 6.07) is 18.3. The standard InChI is InChI=1S/C26H31NO2/c28-26(29)15-5-10-22-11-6-18-27(22)19-7-14-25-23-12-3-1-8-20(23)16-17-21-9-2-4-13-24(21)25/h1-4,8-9,12-14,22H,5-7,10-11,15-19H2,(H,28,29). The number of carbonyl (C=O) groups is 1. The van der Waals surface area contributed by atoms with Gasteiger partial charge in [-0.1, -0.05) is 54.6 Å². The van der Waals surface area contributed by atoms with Crippen molar-refractivity contribution in [2.24, 2.45) is 0 Å². The highest BCUT2D eigenvalue weighted by atomic mass is 16.4. The Morgan fingerprint density at radius 3 is 2.34 bits per heavy atom. The molecule has 0 radical (unpaired) electrons. The topological polar surface area (TPSA) is 40.5 Å². The largest absolute Gasteiger partial charge is 0.481 e. The molecule has 1 saturated heterocycles. The zero-order chi connectivity index (χ0) is 20.1. The second-order valence-corrected chi connectivity index (χ2v) is 8.34. The van der Waals surface area contributed by atoms with E-state index in [0.29, 0.717) is 12.5 Å². The van der Waals surface area contributed by atoms with Crippen molar-refractivity contribution in [1.82, 2.24) is 4.90 Å². The molecule has 0 bridgehead atoms. The fourth-order valence-corrected chi connectivity index (χ4v) is 5.02. The van der Waals surface area contributed by atoms with Gasteiger partial charge in [0.05, 0.1) is 0 Å². The molecule has 2 aromatic carbocycles. The third-order valence-electron chi connectivity index (χ3n) is 6.47. The predicted octanol–water partition coefficient (Wildman–Crippen LogP) is 5.33. The van der Waals surface area contributed by atoms with Crippen LogP contribution in [0.25, 0.3) is 5.57 Å². The summed E-state index contributed by atoms with van der Waals surface area (Å²) in [5, 5.41) is 8.90. The van der Waals surface area contributed by atoms with Gasteiger partial charge in [-0.05, 0) is 79.3 Å². The van der Waals surface area contributed by atoms with Crippen molar-refractivity contribution in [1.29, 1.82) is 0 Å². The molecule has 152 valence electrons. The van der Waals surface area contributed by atoms with E-state index < -0.39 is 5.97 Å². The molecule has 1 N–H and O–H groups in total. The van der Waals surface area contributed by atoms with Crippen molar-refractivity contribution in [3.05, 3.63) is 76.9 Å². The first kappa shape index (κ1) is 19.9. The summed E-state index contributed by atoms with van der Waals surface area (Å²) < 4.78 is 0. The average Bonchev–Trinajstić information content (AvgIpc) is 3.10. The molecule has 1 aliphatic carbocycles. The van der Waals surface area contributed by atoms with Crippen LogP contribution in [0.4, 0.5) is 0 Å². The predicted molar refractivity (Wildman–Crippen MR) is 118 cm³/mol. The van der Waals surface area contributed by atoms with Crippen LogP contribution >= 0.6 is 0 Å². The van der Waals surface area contributed by atoms with Gasteiger partial charge in [-0.2, -0.15) is 0 Å². The lowest BCUT2D eigenvalue weighted by atomic mass is 9.93. The van der Waals surface area contributed by atoms with Gasteiger partial charge >= 0.3 is 5.97 Å². The average molecular weight is 390 g/mol. The Bertz CT molecular complexity index is 836. The van der Waals surface area contributed by atoms with Gasteiger partial charge in [0.1, 0.15) is 0 Å². The summed E-state index contributed by atoms with van der Waals surface area (Å²) in [6.07, 6.45) is 10.2. The van der Waals surface area contributed by atoms with Gasteiger partial charge in [0.2, 0.25) is 0 Å². The van der Waals surface area contributed by atoms with E-state index in [4.69, 9.17) is 5.11 Å². The van der Waals surface area contributed by atoms with Crippen LogP contribution in [0.3, 0.4) is 0 Å². The van der Waals surface area contributed by atoms with Crippen LogP contribution in [0.15, 0.2) is 54.6 Å². The van der Waals surface area contributed by atoms with E-state index in [0.717, 1.165) is 45.2 Å². The molecular formula is C26H31NO2. The maximum atomic E-state index is 10.8. The van der Waals surface area contributed by atoms with Crippen molar-refractivity contribution in [3.8, 4) is 0 Å². The Hall–Kier alpha value is -2.39. The minimum atomic E-state index is -0.676. The number of carboxylic acids is 1. The van der Waals surface area contributed by atoms with Crippen LogP contribution in [-0.2, 0) is 17.6 Å². The van der Waals surface area contributed by atoms with E-state index in [-0.39, 0.29) is 0 Å². The third kappa shape index (κ3) is 4.79. The summed E-state index contributed by atoms with van der Waals surface area (Å²) in [5.74, 6) is -0.676. The summed E-state index contributed by atoms with van der Waals surface area (Å²) in [7, 11) is 0. The highest BCUT2D eigenvalue weighted by molar-refractivity contribution is 5.83. The molecule has 29 heavy (non-hydrogen) atoms. The molecule has 0 saturated carbocycles. The second-order valence-electron chi connectivity index (χ2n) is 8.34. The zero-order valence-corrected chi connectivity index (χ0v) is 17.1. The molecule has 0 spiro atoms. The second kappa shape index (κ2) is 9.41.